The van der Waals surface area contributed by atoms with Crippen molar-refractivity contribution in [2.75, 3.05) is 68.0 Å². The molecule has 0 aliphatic rings. The van der Waals surface area contributed by atoms with Crippen molar-refractivity contribution in [1.82, 2.24) is 0 Å². The molecule has 0 amide bonds. The molecule has 0 atom stereocenters. The molecule has 0 aliphatic carbocycles. The van der Waals surface area contributed by atoms with Crippen molar-refractivity contribution in [2.45, 2.75) is 20.0 Å². The van der Waals surface area contributed by atoms with Crippen LogP contribution >= 0.6 is 0 Å². The van der Waals surface area contributed by atoms with Gasteiger partial charge in [0.15, 0.2) is 0 Å². The normalized spacial score (nSPS) is 8.90. The summed E-state index contributed by atoms with van der Waals surface area (Å²) in [5.41, 5.74) is 16.9. The van der Waals surface area contributed by atoms with E-state index in [1.54, 1.807) is 38.1 Å². The van der Waals surface area contributed by atoms with Gasteiger partial charge >= 0.3 is 103 Å². The number of rotatable bonds is 11. The first-order valence-corrected chi connectivity index (χ1v) is 18.2. The molecule has 318 valence electrons. The van der Waals surface area contributed by atoms with Gasteiger partial charge in [-0.15, -0.1) is 0 Å². The van der Waals surface area contributed by atoms with Crippen LogP contribution in [-0.2, 0) is 9.68 Å². The number of anilines is 6. The number of nitrogen functional groups attached to an aromatic ring is 2. The summed E-state index contributed by atoms with van der Waals surface area (Å²) < 4.78 is 17.0. The first-order chi connectivity index (χ1) is 28.5. The monoisotopic (exact) mass is 888 g/mol. The molecule has 0 fully saturated rings. The predicted molar refractivity (Wildman–Crippen MR) is 240 cm³/mol. The molecular formula is C45H58K2N6O8. The Hall–Kier alpha value is -3.86. The van der Waals surface area contributed by atoms with Gasteiger partial charge < -0.3 is 68.7 Å². The zero-order valence-electron chi connectivity index (χ0n) is 37.5. The van der Waals surface area contributed by atoms with E-state index in [4.69, 9.17) is 45.9 Å². The van der Waals surface area contributed by atoms with Crippen LogP contribution in [0, 0.1) is 0 Å². The number of carbonyl (C=O) groups is 1. The van der Waals surface area contributed by atoms with Gasteiger partial charge in [-0.1, -0.05) is 0 Å². The maximum absolute atomic E-state index is 8.64. The fourth-order valence-electron chi connectivity index (χ4n) is 4.24. The second kappa shape index (κ2) is 36.8. The third kappa shape index (κ3) is 27.7. The summed E-state index contributed by atoms with van der Waals surface area (Å²) >= 11 is 0. The van der Waals surface area contributed by atoms with Crippen molar-refractivity contribution < 1.29 is 144 Å². The second-order valence-corrected chi connectivity index (χ2v) is 11.8. The van der Waals surface area contributed by atoms with E-state index in [-0.39, 0.29) is 117 Å². The Bertz CT molecular complexity index is 1720. The zero-order valence-corrected chi connectivity index (χ0v) is 42.8. The Labute approximate surface area is 446 Å². The summed E-state index contributed by atoms with van der Waals surface area (Å²) in [5.74, 6) is 4.85. The number of carbonyl (C=O) groups excluding carboxylic acids is 1. The average molecular weight is 889 g/mol. The Kier molecular flexibility index (Phi) is 35.7. The molecule has 61 heavy (non-hydrogen) atoms. The third-order valence-corrected chi connectivity index (χ3v) is 7.08. The van der Waals surface area contributed by atoms with E-state index in [0.29, 0.717) is 0 Å². The topological polar surface area (TPSA) is 218 Å². The SMILES string of the molecule is CC(C)O.CNc1ccc(Oc2ccc(NC)cc2)cc1.CNc1ccc(Oc2ccc(NC)cc2)cc1.CO.Nc1ccc(Oc2ccc(N)cc2)cc1.O=CO[O-].[H-].[K+].[K+]. The van der Waals surface area contributed by atoms with Crippen molar-refractivity contribution in [2.24, 2.45) is 0 Å². The summed E-state index contributed by atoms with van der Waals surface area (Å²) in [6, 6.07) is 45.9. The number of ether oxygens (including phenoxy) is 3. The maximum Gasteiger partial charge on any atom is 1.00 e. The standard InChI is InChI=1S/2C14H16N2O.C12H12N2O.C3H8O.CH2O3.CH4O.2K.H/c2*1-15-11-3-7-13(8-4-11)17-14-9-5-12(16-2)6-10-14;13-9-1-5-11(6-2-9)15-12-7-3-10(14)4-8-12;1-3(2)4;2-1-4-3;1-2;;;/h2*3-10,15-16H,1-2H3;1-8H,13-14H2;3-4H,1-2H3;1,3H;2H,1H3;;;/q;;;;;;2*+1;-1/p-1. The van der Waals surface area contributed by atoms with Crippen LogP contribution in [0.2, 0.25) is 0 Å². The first kappa shape index (κ1) is 59.2. The molecule has 0 heterocycles. The molecular weight excluding hydrogens is 831 g/mol. The molecule has 6 rings (SSSR count). The number of aliphatic hydroxyl groups is 2. The van der Waals surface area contributed by atoms with Gasteiger partial charge in [0.05, 0.1) is 0 Å². The summed E-state index contributed by atoms with van der Waals surface area (Å²) in [6.45, 7) is 3.26. The minimum atomic E-state index is -0.181. The van der Waals surface area contributed by atoms with Gasteiger partial charge in [0, 0.05) is 75.5 Å². The van der Waals surface area contributed by atoms with Crippen LogP contribution in [0.15, 0.2) is 146 Å². The van der Waals surface area contributed by atoms with Gasteiger partial charge in [0.1, 0.15) is 34.5 Å². The zero-order chi connectivity index (χ0) is 43.8. The molecule has 10 N–H and O–H groups in total. The van der Waals surface area contributed by atoms with Crippen molar-refractivity contribution in [1.29, 1.82) is 0 Å². The maximum atomic E-state index is 8.64. The van der Waals surface area contributed by atoms with E-state index in [1.165, 1.54) is 0 Å². The van der Waals surface area contributed by atoms with Gasteiger partial charge in [-0.05, 0) is 159 Å². The molecule has 0 saturated heterocycles. The van der Waals surface area contributed by atoms with Gasteiger partial charge in [-0.25, -0.2) is 0 Å². The van der Waals surface area contributed by atoms with E-state index in [0.717, 1.165) is 75.7 Å². The van der Waals surface area contributed by atoms with E-state index in [2.05, 4.69) is 26.2 Å². The number of hydrogen-bond donors (Lipinski definition) is 8. The van der Waals surface area contributed by atoms with Crippen molar-refractivity contribution in [3.63, 3.8) is 0 Å². The van der Waals surface area contributed by atoms with Gasteiger partial charge in [0.2, 0.25) is 0 Å². The van der Waals surface area contributed by atoms with Crippen LogP contribution in [0.25, 0.3) is 0 Å². The smallest absolute Gasteiger partial charge is 1.00 e. The summed E-state index contributed by atoms with van der Waals surface area (Å²) in [6.07, 6.45) is -0.167. The van der Waals surface area contributed by atoms with E-state index >= 15 is 0 Å². The minimum absolute atomic E-state index is 0. The van der Waals surface area contributed by atoms with Gasteiger partial charge in [0.25, 0.3) is 6.47 Å². The van der Waals surface area contributed by atoms with Crippen LogP contribution in [0.3, 0.4) is 0 Å². The van der Waals surface area contributed by atoms with Crippen LogP contribution in [-0.4, -0.2) is 58.1 Å². The summed E-state index contributed by atoms with van der Waals surface area (Å²) in [4.78, 5) is 11.2. The van der Waals surface area contributed by atoms with Crippen LogP contribution in [0.5, 0.6) is 34.5 Å². The molecule has 14 nitrogen and oxygen atoms in total. The third-order valence-electron chi connectivity index (χ3n) is 7.08. The molecule has 0 bridgehead atoms. The van der Waals surface area contributed by atoms with Gasteiger partial charge in [-0.2, -0.15) is 0 Å². The molecule has 6 aromatic rings. The van der Waals surface area contributed by atoms with Crippen LogP contribution in [0.1, 0.15) is 15.3 Å². The van der Waals surface area contributed by atoms with E-state index in [9.17, 15) is 0 Å². The molecule has 0 spiro atoms. The minimum Gasteiger partial charge on any atom is -1.00 e. The number of nitrogens with one attached hydrogen (secondary N) is 4. The molecule has 6 aromatic carbocycles. The molecule has 0 aliphatic heterocycles. The van der Waals surface area contributed by atoms with Crippen molar-refractivity contribution >= 4 is 40.6 Å². The molecule has 16 heteroatoms. The van der Waals surface area contributed by atoms with Crippen LogP contribution in [0.4, 0.5) is 34.1 Å². The second-order valence-electron chi connectivity index (χ2n) is 11.8. The Morgan fingerprint density at radius 2 is 0.623 bits per heavy atom. The van der Waals surface area contributed by atoms with E-state index < -0.39 is 0 Å². The van der Waals surface area contributed by atoms with Crippen molar-refractivity contribution in [3.8, 4) is 34.5 Å². The van der Waals surface area contributed by atoms with Gasteiger partial charge in [-0.3, -0.25) is 4.79 Å². The Morgan fingerprint density at radius 1 is 0.475 bits per heavy atom. The number of nitrogens with two attached hydrogens (primary N) is 2. The largest absolute Gasteiger partial charge is 1.00 e. The molecule has 0 radical (unpaired) electrons. The molecule has 0 aromatic heterocycles. The Balaban J connectivity index is -0.000000744. The fourth-order valence-corrected chi connectivity index (χ4v) is 4.24. The van der Waals surface area contributed by atoms with Crippen molar-refractivity contribution in [3.05, 3.63) is 146 Å². The van der Waals surface area contributed by atoms with Crippen LogP contribution < -0.4 is 155 Å². The Morgan fingerprint density at radius 3 is 0.754 bits per heavy atom. The fraction of sp³-hybridized carbons (Fsp3) is 0.178. The molecule has 0 saturated carbocycles. The summed E-state index contributed by atoms with van der Waals surface area (Å²) in [7, 11) is 8.58. The molecule has 0 unspecified atom stereocenters. The average Bonchev–Trinajstić information content (AvgIpc) is 3.27. The number of aliphatic hydroxyl groups excluding tert-OH is 2. The van der Waals surface area contributed by atoms with E-state index in [1.807, 2.05) is 150 Å². The predicted octanol–water partition coefficient (Wildman–Crippen LogP) is 2.32. The number of hydrogen-bond acceptors (Lipinski definition) is 14. The number of benzene rings is 6. The first-order valence-electron chi connectivity index (χ1n) is 18.2. The quantitative estimate of drug-likeness (QED) is 0.0308. The summed E-state index contributed by atoms with van der Waals surface area (Å²) in [5, 5.41) is 35.8.